The minimum atomic E-state index is 0.562. The molecule has 0 radical (unpaired) electrons. The van der Waals surface area contributed by atoms with E-state index in [-0.39, 0.29) is 0 Å². The summed E-state index contributed by atoms with van der Waals surface area (Å²) in [5.74, 6) is 1.61. The van der Waals surface area contributed by atoms with Gasteiger partial charge in [0.1, 0.15) is 12.0 Å². The van der Waals surface area contributed by atoms with E-state index in [1.807, 2.05) is 18.2 Å². The van der Waals surface area contributed by atoms with Gasteiger partial charge in [0.2, 0.25) is 0 Å². The summed E-state index contributed by atoms with van der Waals surface area (Å²) >= 11 is 0. The third-order valence-electron chi connectivity index (χ3n) is 3.78. The average Bonchev–Trinajstić information content (AvgIpc) is 2.90. The summed E-state index contributed by atoms with van der Waals surface area (Å²) in [5, 5.41) is 7.39. The largest absolute Gasteiger partial charge is 0.496 e. The number of hydrogen-bond donors (Lipinski definition) is 1. The highest BCUT2D eigenvalue weighted by Crippen LogP contribution is 2.40. The molecule has 1 fully saturated rings. The Kier molecular flexibility index (Phi) is 3.51. The van der Waals surface area contributed by atoms with E-state index in [0.29, 0.717) is 12.0 Å². The third-order valence-corrected chi connectivity index (χ3v) is 3.78. The Morgan fingerprint density at radius 2 is 2.16 bits per heavy atom. The molecule has 19 heavy (non-hydrogen) atoms. The standard InChI is InChI=1S/C15H18N2O2/c1-18-15-5-3-2-4-14(15)11-8-13(9-11)16-10-12-6-7-19-17-12/h2-7,11,13,16H,8-10H2,1H3. The van der Waals surface area contributed by atoms with Crippen molar-refractivity contribution in [2.24, 2.45) is 0 Å². The summed E-state index contributed by atoms with van der Waals surface area (Å²) in [4.78, 5) is 0. The van der Waals surface area contributed by atoms with Gasteiger partial charge in [-0.25, -0.2) is 0 Å². The van der Waals surface area contributed by atoms with Crippen molar-refractivity contribution in [3.63, 3.8) is 0 Å². The lowest BCUT2D eigenvalue weighted by atomic mass is 9.75. The molecule has 0 atom stereocenters. The molecule has 1 aromatic heterocycles. The van der Waals surface area contributed by atoms with Crippen molar-refractivity contribution in [3.05, 3.63) is 47.9 Å². The number of nitrogens with zero attached hydrogens (tertiary/aromatic N) is 1. The first-order chi connectivity index (χ1) is 9.36. The second-order valence-corrected chi connectivity index (χ2v) is 4.98. The van der Waals surface area contributed by atoms with Gasteiger partial charge in [-0.2, -0.15) is 0 Å². The zero-order valence-electron chi connectivity index (χ0n) is 11.0. The molecule has 1 heterocycles. The predicted octanol–water partition coefficient (Wildman–Crippen LogP) is 2.72. The van der Waals surface area contributed by atoms with Crippen molar-refractivity contribution in [3.8, 4) is 5.75 Å². The molecule has 4 heteroatoms. The molecule has 1 aromatic carbocycles. The summed E-state index contributed by atoms with van der Waals surface area (Å²) in [6.45, 7) is 0.778. The molecule has 0 spiro atoms. The number of hydrogen-bond acceptors (Lipinski definition) is 4. The fourth-order valence-corrected chi connectivity index (χ4v) is 2.62. The maximum absolute atomic E-state index is 5.41. The van der Waals surface area contributed by atoms with Crippen LogP contribution in [-0.2, 0) is 6.54 Å². The van der Waals surface area contributed by atoms with Gasteiger partial charge in [-0.15, -0.1) is 0 Å². The smallest absolute Gasteiger partial charge is 0.124 e. The van der Waals surface area contributed by atoms with Crippen molar-refractivity contribution in [1.82, 2.24) is 10.5 Å². The lowest BCUT2D eigenvalue weighted by molar-refractivity contribution is 0.279. The molecule has 0 unspecified atom stereocenters. The highest BCUT2D eigenvalue weighted by Gasteiger charge is 2.31. The minimum absolute atomic E-state index is 0.562. The third kappa shape index (κ3) is 2.63. The molecule has 3 rings (SSSR count). The fourth-order valence-electron chi connectivity index (χ4n) is 2.62. The maximum atomic E-state index is 5.41. The van der Waals surface area contributed by atoms with Gasteiger partial charge in [0.25, 0.3) is 0 Å². The molecule has 0 aliphatic heterocycles. The Hall–Kier alpha value is -1.81. The predicted molar refractivity (Wildman–Crippen MR) is 72.1 cm³/mol. The number of aromatic nitrogens is 1. The first-order valence-electron chi connectivity index (χ1n) is 6.62. The van der Waals surface area contributed by atoms with Crippen LogP contribution in [0.4, 0.5) is 0 Å². The second-order valence-electron chi connectivity index (χ2n) is 4.98. The molecular formula is C15H18N2O2. The van der Waals surface area contributed by atoms with Crippen LogP contribution in [-0.4, -0.2) is 18.3 Å². The summed E-state index contributed by atoms with van der Waals surface area (Å²) < 4.78 is 10.2. The zero-order chi connectivity index (χ0) is 13.1. The van der Waals surface area contributed by atoms with Crippen molar-refractivity contribution >= 4 is 0 Å². The fraction of sp³-hybridized carbons (Fsp3) is 0.400. The number of nitrogens with one attached hydrogen (secondary N) is 1. The van der Waals surface area contributed by atoms with Gasteiger partial charge < -0.3 is 14.6 Å². The van der Waals surface area contributed by atoms with Gasteiger partial charge in [-0.05, 0) is 30.4 Å². The molecule has 0 amide bonds. The first kappa shape index (κ1) is 12.2. The molecule has 1 aliphatic rings. The van der Waals surface area contributed by atoms with E-state index in [1.54, 1.807) is 13.4 Å². The highest BCUT2D eigenvalue weighted by molar-refractivity contribution is 5.37. The van der Waals surface area contributed by atoms with Gasteiger partial charge in [0.15, 0.2) is 0 Å². The van der Waals surface area contributed by atoms with Gasteiger partial charge in [-0.3, -0.25) is 0 Å². The SMILES string of the molecule is COc1ccccc1C1CC(NCc2ccon2)C1. The van der Waals surface area contributed by atoms with Crippen LogP contribution in [0.15, 0.2) is 41.1 Å². The quantitative estimate of drug-likeness (QED) is 0.895. The van der Waals surface area contributed by atoms with E-state index in [0.717, 1.165) is 30.8 Å². The van der Waals surface area contributed by atoms with Crippen LogP contribution in [0.5, 0.6) is 5.75 Å². The second kappa shape index (κ2) is 5.45. The van der Waals surface area contributed by atoms with Crippen LogP contribution in [0, 0.1) is 0 Å². The van der Waals surface area contributed by atoms with Crippen LogP contribution >= 0.6 is 0 Å². The van der Waals surface area contributed by atoms with E-state index < -0.39 is 0 Å². The van der Waals surface area contributed by atoms with Crippen molar-refractivity contribution < 1.29 is 9.26 Å². The molecule has 100 valence electrons. The van der Waals surface area contributed by atoms with E-state index in [9.17, 15) is 0 Å². The summed E-state index contributed by atoms with van der Waals surface area (Å²) in [6.07, 6.45) is 3.91. The lowest BCUT2D eigenvalue weighted by Gasteiger charge is -2.36. The molecule has 0 saturated heterocycles. The van der Waals surface area contributed by atoms with E-state index in [2.05, 4.69) is 22.6 Å². The van der Waals surface area contributed by atoms with Crippen LogP contribution < -0.4 is 10.1 Å². The Labute approximate surface area is 112 Å². The highest BCUT2D eigenvalue weighted by atomic mass is 16.5. The van der Waals surface area contributed by atoms with Crippen LogP contribution in [0.3, 0.4) is 0 Å². The molecule has 1 saturated carbocycles. The number of benzene rings is 1. The summed E-state index contributed by atoms with van der Waals surface area (Å²) in [6, 6.07) is 10.7. The number of methoxy groups -OCH3 is 1. The molecule has 1 N–H and O–H groups in total. The first-order valence-corrected chi connectivity index (χ1v) is 6.62. The van der Waals surface area contributed by atoms with E-state index >= 15 is 0 Å². The number of ether oxygens (including phenoxy) is 1. The van der Waals surface area contributed by atoms with E-state index in [4.69, 9.17) is 9.26 Å². The van der Waals surface area contributed by atoms with Gasteiger partial charge >= 0.3 is 0 Å². The van der Waals surface area contributed by atoms with Crippen LogP contribution in [0.1, 0.15) is 30.0 Å². The summed E-state index contributed by atoms with van der Waals surface area (Å²) in [5.41, 5.74) is 2.28. The van der Waals surface area contributed by atoms with E-state index in [1.165, 1.54) is 5.56 Å². The molecule has 2 aromatic rings. The van der Waals surface area contributed by atoms with Crippen molar-refractivity contribution in [2.45, 2.75) is 31.3 Å². The van der Waals surface area contributed by atoms with Gasteiger partial charge in [0.05, 0.1) is 12.8 Å². The van der Waals surface area contributed by atoms with Crippen molar-refractivity contribution in [1.29, 1.82) is 0 Å². The Bertz CT molecular complexity index is 519. The zero-order valence-corrected chi connectivity index (χ0v) is 11.0. The van der Waals surface area contributed by atoms with Crippen LogP contribution in [0.25, 0.3) is 0 Å². The number of rotatable bonds is 5. The topological polar surface area (TPSA) is 47.3 Å². The maximum Gasteiger partial charge on any atom is 0.124 e. The van der Waals surface area contributed by atoms with Gasteiger partial charge in [0, 0.05) is 18.7 Å². The normalized spacial score (nSPS) is 21.9. The minimum Gasteiger partial charge on any atom is -0.496 e. The summed E-state index contributed by atoms with van der Waals surface area (Å²) in [7, 11) is 1.73. The van der Waals surface area contributed by atoms with Gasteiger partial charge in [-0.1, -0.05) is 23.4 Å². The molecule has 1 aliphatic carbocycles. The Morgan fingerprint density at radius 1 is 1.32 bits per heavy atom. The average molecular weight is 258 g/mol. The lowest BCUT2D eigenvalue weighted by Crippen LogP contribution is -2.39. The number of para-hydroxylation sites is 1. The monoisotopic (exact) mass is 258 g/mol. The Morgan fingerprint density at radius 3 is 2.89 bits per heavy atom. The van der Waals surface area contributed by atoms with Crippen molar-refractivity contribution in [2.75, 3.05) is 7.11 Å². The molecular weight excluding hydrogens is 240 g/mol. The van der Waals surface area contributed by atoms with Crippen LogP contribution in [0.2, 0.25) is 0 Å². The molecule has 0 bridgehead atoms. The molecule has 4 nitrogen and oxygen atoms in total. The Balaban J connectivity index is 1.52.